The molecule has 3 heterocycles. The number of thiophene rings is 1. The summed E-state index contributed by atoms with van der Waals surface area (Å²) in [5.74, 6) is 2.05. The molecule has 0 aliphatic carbocycles. The van der Waals surface area contributed by atoms with Gasteiger partial charge < -0.3 is 9.52 Å². The Morgan fingerprint density at radius 2 is 2.04 bits per heavy atom. The largest absolute Gasteiger partial charge is 0.440 e. The smallest absolute Gasteiger partial charge is 0.237 e. The first-order valence-electron chi connectivity index (χ1n) is 8.30. The second-order valence-corrected chi connectivity index (χ2v) is 8.07. The SMILES string of the molecule is Cc1ccsc1-c1nc(CN2CCC(C(C)(C)O)CC2)c(C)o1. The van der Waals surface area contributed by atoms with Gasteiger partial charge in [0.15, 0.2) is 0 Å². The molecule has 1 saturated heterocycles. The molecule has 2 aromatic heterocycles. The van der Waals surface area contributed by atoms with Crippen molar-refractivity contribution >= 4 is 11.3 Å². The van der Waals surface area contributed by atoms with Crippen molar-refractivity contribution in [1.82, 2.24) is 9.88 Å². The highest BCUT2D eigenvalue weighted by atomic mass is 32.1. The Bertz CT molecular complexity index is 661. The Morgan fingerprint density at radius 3 is 2.61 bits per heavy atom. The molecule has 2 aromatic rings. The quantitative estimate of drug-likeness (QED) is 0.918. The average Bonchev–Trinajstić information content (AvgIpc) is 3.05. The van der Waals surface area contributed by atoms with Gasteiger partial charge in [-0.2, -0.15) is 0 Å². The Kier molecular flexibility index (Phi) is 4.63. The first-order chi connectivity index (χ1) is 10.8. The Morgan fingerprint density at radius 1 is 1.35 bits per heavy atom. The van der Waals surface area contributed by atoms with Crippen LogP contribution in [0.25, 0.3) is 10.8 Å². The number of oxazole rings is 1. The fraction of sp³-hybridized carbons (Fsp3) is 0.611. The van der Waals surface area contributed by atoms with E-state index in [1.54, 1.807) is 11.3 Å². The van der Waals surface area contributed by atoms with E-state index in [9.17, 15) is 5.11 Å². The molecule has 23 heavy (non-hydrogen) atoms. The fourth-order valence-corrected chi connectivity index (χ4v) is 4.12. The molecule has 1 aliphatic heterocycles. The van der Waals surface area contributed by atoms with E-state index in [1.807, 2.05) is 20.8 Å². The van der Waals surface area contributed by atoms with Gasteiger partial charge in [0.05, 0.1) is 16.2 Å². The molecule has 0 aromatic carbocycles. The lowest BCUT2D eigenvalue weighted by Crippen LogP contribution is -2.41. The van der Waals surface area contributed by atoms with Crippen molar-refractivity contribution in [3.05, 3.63) is 28.5 Å². The van der Waals surface area contributed by atoms with E-state index < -0.39 is 5.60 Å². The van der Waals surface area contributed by atoms with Crippen molar-refractivity contribution in [3.63, 3.8) is 0 Å². The third-order valence-corrected chi connectivity index (χ3v) is 5.91. The summed E-state index contributed by atoms with van der Waals surface area (Å²) in [5, 5.41) is 12.2. The lowest BCUT2D eigenvalue weighted by molar-refractivity contribution is -0.0137. The molecule has 5 heteroatoms. The van der Waals surface area contributed by atoms with Crippen LogP contribution in [0.5, 0.6) is 0 Å². The van der Waals surface area contributed by atoms with Gasteiger partial charge in [0.25, 0.3) is 0 Å². The zero-order valence-corrected chi connectivity index (χ0v) is 15.2. The number of piperidine rings is 1. The standard InChI is InChI=1S/C18H26N2O2S/c1-12-7-10-23-16(12)17-19-15(13(2)22-17)11-20-8-5-14(6-9-20)18(3,4)21/h7,10,14,21H,5-6,8-9,11H2,1-4H3. The van der Waals surface area contributed by atoms with Crippen molar-refractivity contribution in [2.24, 2.45) is 5.92 Å². The molecular formula is C18H26N2O2S. The number of aromatic nitrogens is 1. The Hall–Kier alpha value is -1.17. The minimum absolute atomic E-state index is 0.390. The maximum absolute atomic E-state index is 10.2. The molecule has 3 rings (SSSR count). The molecule has 0 bridgehead atoms. The van der Waals surface area contributed by atoms with Gasteiger partial charge in [0, 0.05) is 6.54 Å². The summed E-state index contributed by atoms with van der Waals surface area (Å²) < 4.78 is 5.89. The van der Waals surface area contributed by atoms with Crippen LogP contribution in [0.3, 0.4) is 0 Å². The van der Waals surface area contributed by atoms with Crippen molar-refractivity contribution < 1.29 is 9.52 Å². The lowest BCUT2D eigenvalue weighted by atomic mass is 9.83. The van der Waals surface area contributed by atoms with E-state index in [0.29, 0.717) is 5.92 Å². The van der Waals surface area contributed by atoms with Crippen LogP contribution in [0.1, 0.15) is 43.7 Å². The minimum Gasteiger partial charge on any atom is -0.440 e. The van der Waals surface area contributed by atoms with Crippen molar-refractivity contribution in [1.29, 1.82) is 0 Å². The second-order valence-electron chi connectivity index (χ2n) is 7.16. The highest BCUT2D eigenvalue weighted by Crippen LogP contribution is 2.31. The molecule has 1 N–H and O–H groups in total. The predicted octanol–water partition coefficient (Wildman–Crippen LogP) is 4.00. The van der Waals surface area contributed by atoms with Crippen LogP contribution < -0.4 is 0 Å². The predicted molar refractivity (Wildman–Crippen MR) is 93.6 cm³/mol. The third kappa shape index (κ3) is 3.67. The summed E-state index contributed by atoms with van der Waals surface area (Å²) in [6, 6.07) is 2.10. The maximum Gasteiger partial charge on any atom is 0.237 e. The number of rotatable bonds is 4. The van der Waals surface area contributed by atoms with Crippen molar-refractivity contribution in [2.45, 2.75) is 52.7 Å². The summed E-state index contributed by atoms with van der Waals surface area (Å²) in [4.78, 5) is 8.27. The number of hydrogen-bond acceptors (Lipinski definition) is 5. The zero-order chi connectivity index (χ0) is 16.6. The zero-order valence-electron chi connectivity index (χ0n) is 14.4. The highest BCUT2D eigenvalue weighted by molar-refractivity contribution is 7.13. The maximum atomic E-state index is 10.2. The van der Waals surface area contributed by atoms with E-state index in [4.69, 9.17) is 9.40 Å². The summed E-state index contributed by atoms with van der Waals surface area (Å²) in [6.45, 7) is 10.8. The summed E-state index contributed by atoms with van der Waals surface area (Å²) in [5.41, 5.74) is 1.68. The van der Waals surface area contributed by atoms with Crippen LogP contribution in [0.15, 0.2) is 15.9 Å². The van der Waals surface area contributed by atoms with Gasteiger partial charge in [-0.3, -0.25) is 4.90 Å². The number of nitrogens with zero attached hydrogens (tertiary/aromatic N) is 2. The fourth-order valence-electron chi connectivity index (χ4n) is 3.27. The minimum atomic E-state index is -0.570. The molecule has 0 unspecified atom stereocenters. The summed E-state index contributed by atoms with van der Waals surface area (Å²) >= 11 is 1.68. The highest BCUT2D eigenvalue weighted by Gasteiger charge is 2.31. The molecule has 0 saturated carbocycles. The molecule has 4 nitrogen and oxygen atoms in total. The molecule has 1 fully saturated rings. The first kappa shape index (κ1) is 16.7. The number of hydrogen-bond donors (Lipinski definition) is 1. The molecule has 0 atom stereocenters. The topological polar surface area (TPSA) is 49.5 Å². The second kappa shape index (κ2) is 6.38. The number of likely N-dealkylation sites (tertiary alicyclic amines) is 1. The normalized spacial score (nSPS) is 17.8. The van der Waals surface area contributed by atoms with Crippen LogP contribution in [-0.4, -0.2) is 33.7 Å². The van der Waals surface area contributed by atoms with E-state index in [-0.39, 0.29) is 0 Å². The lowest BCUT2D eigenvalue weighted by Gasteiger charge is -2.37. The van der Waals surface area contributed by atoms with E-state index in [2.05, 4.69) is 23.3 Å². The molecule has 0 amide bonds. The van der Waals surface area contributed by atoms with E-state index in [0.717, 1.165) is 54.7 Å². The van der Waals surface area contributed by atoms with Crippen LogP contribution in [-0.2, 0) is 6.54 Å². The van der Waals surface area contributed by atoms with Gasteiger partial charge >= 0.3 is 0 Å². The van der Waals surface area contributed by atoms with Gasteiger partial charge in [-0.25, -0.2) is 4.98 Å². The summed E-state index contributed by atoms with van der Waals surface area (Å²) in [6.07, 6.45) is 2.08. The van der Waals surface area contributed by atoms with E-state index >= 15 is 0 Å². The molecular weight excluding hydrogens is 308 g/mol. The Balaban J connectivity index is 1.66. The molecule has 0 spiro atoms. The average molecular weight is 334 g/mol. The number of aliphatic hydroxyl groups is 1. The van der Waals surface area contributed by atoms with Crippen LogP contribution in [0.4, 0.5) is 0 Å². The molecule has 126 valence electrons. The van der Waals surface area contributed by atoms with Crippen molar-refractivity contribution in [2.75, 3.05) is 13.1 Å². The van der Waals surface area contributed by atoms with Gasteiger partial charge in [-0.15, -0.1) is 11.3 Å². The van der Waals surface area contributed by atoms with E-state index in [1.165, 1.54) is 5.56 Å². The van der Waals surface area contributed by atoms with Gasteiger partial charge in [-0.1, -0.05) is 0 Å². The van der Waals surface area contributed by atoms with Crippen LogP contribution in [0.2, 0.25) is 0 Å². The third-order valence-electron chi connectivity index (χ3n) is 4.91. The monoisotopic (exact) mass is 334 g/mol. The van der Waals surface area contributed by atoms with Crippen LogP contribution >= 0.6 is 11.3 Å². The van der Waals surface area contributed by atoms with Gasteiger partial charge in [-0.05, 0) is 76.6 Å². The van der Waals surface area contributed by atoms with Gasteiger partial charge in [0.1, 0.15) is 5.76 Å². The summed E-state index contributed by atoms with van der Waals surface area (Å²) in [7, 11) is 0. The Labute approximate surface area is 142 Å². The van der Waals surface area contributed by atoms with Crippen LogP contribution in [0, 0.1) is 19.8 Å². The first-order valence-corrected chi connectivity index (χ1v) is 9.18. The molecule has 1 aliphatic rings. The van der Waals surface area contributed by atoms with Crippen molar-refractivity contribution in [3.8, 4) is 10.8 Å². The molecule has 0 radical (unpaired) electrons. The number of aryl methyl sites for hydroxylation is 2. The van der Waals surface area contributed by atoms with Gasteiger partial charge in [0.2, 0.25) is 5.89 Å².